The first kappa shape index (κ1) is 29.3. The van der Waals surface area contributed by atoms with E-state index in [-0.39, 0.29) is 29.7 Å². The molecule has 3 aromatic rings. The molecule has 0 saturated carbocycles. The summed E-state index contributed by atoms with van der Waals surface area (Å²) in [5.41, 5.74) is 2.45. The molecule has 1 fully saturated rings. The number of nitrogens with zero attached hydrogens (tertiary/aromatic N) is 2. The van der Waals surface area contributed by atoms with Gasteiger partial charge in [0.05, 0.1) is 12.0 Å². The van der Waals surface area contributed by atoms with Gasteiger partial charge in [-0.25, -0.2) is 8.42 Å². The number of likely N-dealkylation sites (N-methyl/N-ethyl adjacent to an activating group) is 1. The van der Waals surface area contributed by atoms with Gasteiger partial charge in [-0.3, -0.25) is 9.59 Å². The van der Waals surface area contributed by atoms with E-state index >= 15 is 0 Å². The Labute approximate surface area is 237 Å². The van der Waals surface area contributed by atoms with Crippen LogP contribution in [0.4, 0.5) is 0 Å². The summed E-state index contributed by atoms with van der Waals surface area (Å²) in [7, 11) is -1.90. The number of sulfonamides is 1. The van der Waals surface area contributed by atoms with Crippen LogP contribution in [-0.4, -0.2) is 56.2 Å². The number of amides is 2. The predicted molar refractivity (Wildman–Crippen MR) is 154 cm³/mol. The number of rotatable bonds is 12. The minimum Gasteiger partial charge on any atom is -0.497 e. The van der Waals surface area contributed by atoms with Crippen LogP contribution in [-0.2, 0) is 32.6 Å². The Bertz CT molecular complexity index is 1370. The highest BCUT2D eigenvalue weighted by Crippen LogP contribution is 2.26. The Balaban J connectivity index is 1.55. The Kier molecular flexibility index (Phi) is 9.95. The van der Waals surface area contributed by atoms with Crippen LogP contribution in [0.3, 0.4) is 0 Å². The molecule has 40 heavy (non-hydrogen) atoms. The monoisotopic (exact) mass is 563 g/mol. The number of benzene rings is 3. The van der Waals surface area contributed by atoms with E-state index in [0.29, 0.717) is 31.8 Å². The van der Waals surface area contributed by atoms with Crippen molar-refractivity contribution in [1.82, 2.24) is 14.5 Å². The Hall–Kier alpha value is -3.69. The van der Waals surface area contributed by atoms with Crippen LogP contribution in [0, 0.1) is 0 Å². The minimum absolute atomic E-state index is 0.164. The van der Waals surface area contributed by atoms with Gasteiger partial charge in [0.1, 0.15) is 11.8 Å². The van der Waals surface area contributed by atoms with Crippen LogP contribution in [0.2, 0.25) is 0 Å². The fraction of sp³-hybridized carbons (Fsp3) is 0.355. The van der Waals surface area contributed by atoms with Gasteiger partial charge < -0.3 is 15.0 Å². The van der Waals surface area contributed by atoms with Crippen molar-refractivity contribution in [1.29, 1.82) is 0 Å². The standard InChI is InChI=1S/C31H37N3O5S/c1-3-32-31(36)30(26-9-5-4-6-10-26)34(23-25-11-16-27(39-2)17-12-25)29(35)20-15-24-13-18-28(19-14-24)40(37,38)33-21-7-8-22-33/h4-6,9-14,16-19,30H,3,7-8,15,20-23H2,1-2H3,(H,32,36). The van der Waals surface area contributed by atoms with E-state index in [2.05, 4.69) is 5.32 Å². The highest BCUT2D eigenvalue weighted by atomic mass is 32.2. The highest BCUT2D eigenvalue weighted by Gasteiger charge is 2.31. The molecule has 9 heteroatoms. The maximum absolute atomic E-state index is 13.8. The van der Waals surface area contributed by atoms with Crippen molar-refractivity contribution in [2.75, 3.05) is 26.7 Å². The molecule has 0 radical (unpaired) electrons. The second-order valence-corrected chi connectivity index (χ2v) is 11.8. The minimum atomic E-state index is -3.49. The molecule has 1 N–H and O–H groups in total. The molecule has 1 unspecified atom stereocenters. The van der Waals surface area contributed by atoms with Crippen LogP contribution in [0.1, 0.15) is 48.9 Å². The number of carbonyl (C=O) groups excluding carboxylic acids is 2. The summed E-state index contributed by atoms with van der Waals surface area (Å²) in [5, 5.41) is 2.89. The van der Waals surface area contributed by atoms with Gasteiger partial charge in [-0.1, -0.05) is 54.6 Å². The van der Waals surface area contributed by atoms with Crippen molar-refractivity contribution in [3.63, 3.8) is 0 Å². The first-order chi connectivity index (χ1) is 19.3. The molecule has 2 amide bonds. The molecule has 0 aliphatic carbocycles. The van der Waals surface area contributed by atoms with Gasteiger partial charge in [0, 0.05) is 32.6 Å². The van der Waals surface area contributed by atoms with Crippen molar-refractivity contribution < 1.29 is 22.7 Å². The third-order valence-corrected chi connectivity index (χ3v) is 9.03. The topological polar surface area (TPSA) is 96.0 Å². The van der Waals surface area contributed by atoms with E-state index in [0.717, 1.165) is 29.5 Å². The number of ether oxygens (including phenoxy) is 1. The number of nitrogens with one attached hydrogen (secondary N) is 1. The second-order valence-electron chi connectivity index (χ2n) is 9.83. The average Bonchev–Trinajstić information content (AvgIpc) is 3.53. The molecular formula is C31H37N3O5S. The molecule has 4 rings (SSSR count). The summed E-state index contributed by atoms with van der Waals surface area (Å²) in [6.07, 6.45) is 2.34. The third-order valence-electron chi connectivity index (χ3n) is 7.11. The Morgan fingerprint density at radius 1 is 0.925 bits per heavy atom. The van der Waals surface area contributed by atoms with Gasteiger partial charge >= 0.3 is 0 Å². The van der Waals surface area contributed by atoms with E-state index in [1.54, 1.807) is 36.3 Å². The van der Waals surface area contributed by atoms with Gasteiger partial charge in [0.25, 0.3) is 0 Å². The van der Waals surface area contributed by atoms with Crippen LogP contribution >= 0.6 is 0 Å². The van der Waals surface area contributed by atoms with Crippen LogP contribution < -0.4 is 10.1 Å². The smallest absolute Gasteiger partial charge is 0.247 e. The van der Waals surface area contributed by atoms with Crippen molar-refractivity contribution in [2.24, 2.45) is 0 Å². The molecule has 1 heterocycles. The number of hydrogen-bond donors (Lipinski definition) is 1. The maximum Gasteiger partial charge on any atom is 0.247 e. The third kappa shape index (κ3) is 7.08. The first-order valence-corrected chi connectivity index (χ1v) is 15.1. The lowest BCUT2D eigenvalue weighted by Crippen LogP contribution is -2.43. The molecule has 0 bridgehead atoms. The fourth-order valence-corrected chi connectivity index (χ4v) is 6.45. The van der Waals surface area contributed by atoms with Crippen molar-refractivity contribution in [3.8, 4) is 5.75 Å². The van der Waals surface area contributed by atoms with Gasteiger partial charge in [-0.05, 0) is 67.1 Å². The molecule has 1 saturated heterocycles. The summed E-state index contributed by atoms with van der Waals surface area (Å²) in [6.45, 7) is 3.64. The SMILES string of the molecule is CCNC(=O)C(c1ccccc1)N(Cc1ccc(OC)cc1)C(=O)CCc1ccc(S(=O)(=O)N2CCCC2)cc1. The van der Waals surface area contributed by atoms with Gasteiger partial charge in [0.15, 0.2) is 0 Å². The van der Waals surface area contributed by atoms with Crippen LogP contribution in [0.25, 0.3) is 0 Å². The fourth-order valence-electron chi connectivity index (χ4n) is 4.93. The zero-order valence-corrected chi connectivity index (χ0v) is 23.9. The lowest BCUT2D eigenvalue weighted by atomic mass is 10.0. The van der Waals surface area contributed by atoms with E-state index in [4.69, 9.17) is 4.74 Å². The van der Waals surface area contributed by atoms with Gasteiger partial charge in [0.2, 0.25) is 21.8 Å². The van der Waals surface area contributed by atoms with Crippen LogP contribution in [0.5, 0.6) is 5.75 Å². The lowest BCUT2D eigenvalue weighted by molar-refractivity contribution is -0.141. The van der Waals surface area contributed by atoms with Gasteiger partial charge in [-0.15, -0.1) is 0 Å². The molecule has 1 aliphatic heterocycles. The quantitative estimate of drug-likeness (QED) is 0.354. The number of hydrogen-bond acceptors (Lipinski definition) is 5. The molecule has 1 atom stereocenters. The predicted octanol–water partition coefficient (Wildman–Crippen LogP) is 4.32. The number of methoxy groups -OCH3 is 1. The molecule has 0 aromatic heterocycles. The van der Waals surface area contributed by atoms with Crippen LogP contribution in [0.15, 0.2) is 83.8 Å². The number of aryl methyl sites for hydroxylation is 1. The summed E-state index contributed by atoms with van der Waals surface area (Å²) in [4.78, 5) is 29.0. The molecule has 3 aromatic carbocycles. The first-order valence-electron chi connectivity index (χ1n) is 13.7. The Morgan fingerprint density at radius 3 is 2.15 bits per heavy atom. The van der Waals surface area contributed by atoms with E-state index in [9.17, 15) is 18.0 Å². The number of carbonyl (C=O) groups is 2. The van der Waals surface area contributed by atoms with Crippen molar-refractivity contribution in [3.05, 3.63) is 95.6 Å². The molecule has 8 nitrogen and oxygen atoms in total. The zero-order valence-electron chi connectivity index (χ0n) is 23.1. The lowest BCUT2D eigenvalue weighted by Gasteiger charge is -2.31. The summed E-state index contributed by atoms with van der Waals surface area (Å²) >= 11 is 0. The maximum atomic E-state index is 13.8. The van der Waals surface area contributed by atoms with Crippen molar-refractivity contribution in [2.45, 2.75) is 50.1 Å². The van der Waals surface area contributed by atoms with E-state index < -0.39 is 16.1 Å². The summed E-state index contributed by atoms with van der Waals surface area (Å²) < 4.78 is 32.5. The largest absolute Gasteiger partial charge is 0.497 e. The molecule has 0 spiro atoms. The average molecular weight is 564 g/mol. The van der Waals surface area contributed by atoms with Gasteiger partial charge in [-0.2, -0.15) is 4.31 Å². The van der Waals surface area contributed by atoms with Crippen molar-refractivity contribution >= 4 is 21.8 Å². The highest BCUT2D eigenvalue weighted by molar-refractivity contribution is 7.89. The van der Waals surface area contributed by atoms with E-state index in [1.807, 2.05) is 61.5 Å². The summed E-state index contributed by atoms with van der Waals surface area (Å²) in [6, 6.07) is 22.7. The second kappa shape index (κ2) is 13.6. The Morgan fingerprint density at radius 2 is 1.55 bits per heavy atom. The zero-order chi connectivity index (χ0) is 28.5. The molecule has 1 aliphatic rings. The normalized spacial score (nSPS) is 14.4. The van der Waals surface area contributed by atoms with E-state index in [1.165, 1.54) is 4.31 Å². The molecule has 212 valence electrons. The summed E-state index contributed by atoms with van der Waals surface area (Å²) in [5.74, 6) is 0.289. The molecular weight excluding hydrogens is 526 g/mol.